The van der Waals surface area contributed by atoms with E-state index in [1.54, 1.807) is 23.1 Å². The molecule has 0 aliphatic carbocycles. The van der Waals surface area contributed by atoms with Gasteiger partial charge in [0.1, 0.15) is 6.04 Å². The van der Waals surface area contributed by atoms with Crippen molar-refractivity contribution in [3.63, 3.8) is 0 Å². The number of carbonyl (C=O) groups is 3. The Hall–Kier alpha value is -2.29. The molecule has 3 amide bonds. The van der Waals surface area contributed by atoms with E-state index in [9.17, 15) is 19.5 Å². The molecule has 2 saturated heterocycles. The number of hydrogen-bond acceptors (Lipinski definition) is 5. The number of rotatable bonds is 5. The summed E-state index contributed by atoms with van der Waals surface area (Å²) < 4.78 is -0.885. The molecule has 7 nitrogen and oxygen atoms in total. The first kappa shape index (κ1) is 23.5. The zero-order chi connectivity index (χ0) is 24.0. The van der Waals surface area contributed by atoms with Crippen molar-refractivity contribution < 1.29 is 19.5 Å². The maximum Gasteiger partial charge on any atom is 0.251 e. The summed E-state index contributed by atoms with van der Waals surface area (Å²) in [4.78, 5) is 46.5. The molecular weight excluding hydrogens is 474 g/mol. The smallest absolute Gasteiger partial charge is 0.251 e. The number of carbonyl (C=O) groups excluding carboxylic acids is 3. The third kappa shape index (κ3) is 3.41. The average molecular weight is 502 g/mol. The highest BCUT2D eigenvalue weighted by molar-refractivity contribution is 8.02. The minimum Gasteiger partial charge on any atom is -0.395 e. The van der Waals surface area contributed by atoms with Gasteiger partial charge in [-0.2, -0.15) is 0 Å². The number of para-hydroxylation sites is 1. The second-order valence-electron chi connectivity index (χ2n) is 9.11. The van der Waals surface area contributed by atoms with Gasteiger partial charge in [0.15, 0.2) is 0 Å². The summed E-state index contributed by atoms with van der Waals surface area (Å²) in [6, 6.07) is 6.32. The fourth-order valence-electron chi connectivity index (χ4n) is 5.89. The van der Waals surface area contributed by atoms with Gasteiger partial charge in [0, 0.05) is 31.4 Å². The fraction of sp³-hybridized carbons (Fsp3) is 0.480. The van der Waals surface area contributed by atoms with Crippen LogP contribution in [0.2, 0.25) is 5.02 Å². The van der Waals surface area contributed by atoms with Crippen molar-refractivity contribution in [3.8, 4) is 0 Å². The van der Waals surface area contributed by atoms with E-state index >= 15 is 0 Å². The molecule has 0 aromatic heterocycles. The number of thioether (sulfide) groups is 1. The molecule has 4 aliphatic heterocycles. The number of likely N-dealkylation sites (tertiary alicyclic amines) is 1. The quantitative estimate of drug-likeness (QED) is 0.626. The normalized spacial score (nSPS) is 32.6. The van der Waals surface area contributed by atoms with E-state index in [4.69, 9.17) is 11.6 Å². The summed E-state index contributed by atoms with van der Waals surface area (Å²) in [6.45, 7) is 3.29. The lowest BCUT2D eigenvalue weighted by Crippen LogP contribution is -2.53. The Morgan fingerprint density at radius 2 is 1.88 bits per heavy atom. The number of nitrogens with zero attached hydrogens (tertiary/aromatic N) is 3. The van der Waals surface area contributed by atoms with Gasteiger partial charge in [0.2, 0.25) is 11.8 Å². The first-order valence-corrected chi connectivity index (χ1v) is 13.0. The Morgan fingerprint density at radius 1 is 1.09 bits per heavy atom. The largest absolute Gasteiger partial charge is 0.395 e. The first-order chi connectivity index (χ1) is 16.4. The summed E-state index contributed by atoms with van der Waals surface area (Å²) in [5, 5.41) is 10.0. The molecule has 5 atom stereocenters. The second-order valence-corrected chi connectivity index (χ2v) is 11.0. The molecule has 180 valence electrons. The lowest BCUT2D eigenvalue weighted by molar-refractivity contribution is -0.143. The van der Waals surface area contributed by atoms with Crippen LogP contribution in [-0.4, -0.2) is 81.5 Å². The van der Waals surface area contributed by atoms with Crippen LogP contribution in [0.1, 0.15) is 13.3 Å². The Kier molecular flexibility index (Phi) is 6.25. The van der Waals surface area contributed by atoms with Crippen LogP contribution in [0.4, 0.5) is 5.69 Å². The van der Waals surface area contributed by atoms with E-state index in [0.717, 1.165) is 6.42 Å². The number of amides is 3. The van der Waals surface area contributed by atoms with Crippen LogP contribution in [0.15, 0.2) is 48.6 Å². The number of fused-ring (bicyclic) bond motifs is 2. The third-order valence-corrected chi connectivity index (χ3v) is 9.28. The van der Waals surface area contributed by atoms with Crippen molar-refractivity contribution >= 4 is 46.8 Å². The van der Waals surface area contributed by atoms with Crippen molar-refractivity contribution in [2.24, 2.45) is 11.8 Å². The minimum atomic E-state index is -0.885. The molecule has 4 aliphatic rings. The highest BCUT2D eigenvalue weighted by Gasteiger charge is 2.71. The second kappa shape index (κ2) is 9.06. The lowest BCUT2D eigenvalue weighted by atomic mass is 9.78. The van der Waals surface area contributed by atoms with Crippen LogP contribution in [0.3, 0.4) is 0 Å². The van der Waals surface area contributed by atoms with E-state index in [1.807, 2.05) is 42.2 Å². The molecular formula is C25H28ClN3O4S. The van der Waals surface area contributed by atoms with Crippen molar-refractivity contribution in [1.29, 1.82) is 0 Å². The number of β-amino-alcohol motifs (C(OH)–C–C–N with tert-alkyl or cyclic N) is 1. The number of benzene rings is 1. The summed E-state index contributed by atoms with van der Waals surface area (Å²) in [5.41, 5.74) is 0.582. The van der Waals surface area contributed by atoms with E-state index in [1.165, 1.54) is 16.7 Å². The van der Waals surface area contributed by atoms with Crippen LogP contribution in [-0.2, 0) is 14.4 Å². The van der Waals surface area contributed by atoms with Gasteiger partial charge in [0.25, 0.3) is 5.91 Å². The summed E-state index contributed by atoms with van der Waals surface area (Å²) >= 11 is 7.97. The molecule has 1 N–H and O–H groups in total. The average Bonchev–Trinajstić information content (AvgIpc) is 3.13. The van der Waals surface area contributed by atoms with Crippen molar-refractivity contribution in [2.45, 2.75) is 29.4 Å². The van der Waals surface area contributed by atoms with Crippen LogP contribution >= 0.6 is 23.4 Å². The van der Waals surface area contributed by atoms with E-state index in [0.29, 0.717) is 30.3 Å². The molecule has 2 fully saturated rings. The number of halogens is 1. The minimum absolute atomic E-state index is 0.0303. The molecule has 5 rings (SSSR count). The topological polar surface area (TPSA) is 81.2 Å². The number of anilines is 1. The van der Waals surface area contributed by atoms with Crippen LogP contribution in [0.5, 0.6) is 0 Å². The van der Waals surface area contributed by atoms with Gasteiger partial charge < -0.3 is 19.8 Å². The molecule has 0 saturated carbocycles. The summed E-state index contributed by atoms with van der Waals surface area (Å²) in [5.74, 6) is -1.72. The Bertz CT molecular complexity index is 1080. The molecule has 1 unspecified atom stereocenters. The monoisotopic (exact) mass is 501 g/mol. The van der Waals surface area contributed by atoms with Gasteiger partial charge in [-0.25, -0.2) is 0 Å². The Balaban J connectivity index is 1.61. The molecule has 0 radical (unpaired) electrons. The zero-order valence-corrected chi connectivity index (χ0v) is 20.5. The summed E-state index contributed by atoms with van der Waals surface area (Å²) in [7, 11) is 0. The van der Waals surface area contributed by atoms with Crippen molar-refractivity contribution in [1.82, 2.24) is 9.80 Å². The number of aliphatic hydroxyl groups is 1. The molecule has 1 spiro atoms. The Morgan fingerprint density at radius 3 is 2.62 bits per heavy atom. The molecule has 1 aromatic carbocycles. The van der Waals surface area contributed by atoms with Crippen molar-refractivity contribution in [2.75, 3.05) is 37.7 Å². The van der Waals surface area contributed by atoms with Gasteiger partial charge in [-0.3, -0.25) is 14.4 Å². The SMILES string of the molecule is CCCN1CC=C[C@H]2S[C@]34C=CCN(c5ccccc5Cl)C(=O)C3N(CCO)C(=O)[C@@H]4[C@H]2C1=O. The first-order valence-electron chi connectivity index (χ1n) is 11.7. The standard InChI is InChI=1S/C25H28ClN3O4S/c1-2-11-27-12-5-9-18-19(22(27)31)20-23(32)29(14-15-30)21-24(33)28(13-6-10-25(20,21)34-18)17-8-4-3-7-16(17)26/h3-10,18-21,30H,2,11-15H2,1H3/t18-,19+,20+,21?,25+/m1/s1. The third-order valence-electron chi connectivity index (χ3n) is 7.22. The maximum atomic E-state index is 14.1. The van der Waals surface area contributed by atoms with Gasteiger partial charge in [-0.05, 0) is 18.6 Å². The fourth-order valence-corrected chi connectivity index (χ4v) is 8.14. The van der Waals surface area contributed by atoms with Crippen LogP contribution in [0.25, 0.3) is 0 Å². The highest BCUT2D eigenvalue weighted by Crippen LogP contribution is 2.61. The molecule has 4 heterocycles. The van der Waals surface area contributed by atoms with E-state index < -0.39 is 22.6 Å². The predicted octanol–water partition coefficient (Wildman–Crippen LogP) is 2.34. The van der Waals surface area contributed by atoms with Crippen LogP contribution < -0.4 is 4.90 Å². The molecule has 34 heavy (non-hydrogen) atoms. The lowest BCUT2D eigenvalue weighted by Gasteiger charge is -2.35. The number of aliphatic hydroxyl groups excluding tert-OH is 1. The molecule has 1 aromatic rings. The maximum absolute atomic E-state index is 14.1. The molecule has 0 bridgehead atoms. The van der Waals surface area contributed by atoms with Gasteiger partial charge in [-0.1, -0.05) is 55.0 Å². The van der Waals surface area contributed by atoms with Gasteiger partial charge >= 0.3 is 0 Å². The van der Waals surface area contributed by atoms with E-state index in [-0.39, 0.29) is 36.1 Å². The molecule has 9 heteroatoms. The summed E-state index contributed by atoms with van der Waals surface area (Å²) in [6.07, 6.45) is 8.76. The Labute approximate surface area is 208 Å². The van der Waals surface area contributed by atoms with Crippen LogP contribution in [0, 0.1) is 11.8 Å². The van der Waals surface area contributed by atoms with Gasteiger partial charge in [0.05, 0.1) is 33.9 Å². The van der Waals surface area contributed by atoms with E-state index in [2.05, 4.69) is 0 Å². The van der Waals surface area contributed by atoms with Crippen molar-refractivity contribution in [3.05, 3.63) is 53.6 Å². The zero-order valence-electron chi connectivity index (χ0n) is 19.0. The highest BCUT2D eigenvalue weighted by atomic mass is 35.5. The number of hydrogen-bond donors (Lipinski definition) is 1. The van der Waals surface area contributed by atoms with Gasteiger partial charge in [-0.15, -0.1) is 11.8 Å². The predicted molar refractivity (Wildman–Crippen MR) is 133 cm³/mol.